The van der Waals surface area contributed by atoms with Crippen molar-refractivity contribution in [2.75, 3.05) is 0 Å². The number of phenols is 1. The van der Waals surface area contributed by atoms with Crippen LogP contribution in [0.2, 0.25) is 0 Å². The van der Waals surface area contributed by atoms with Crippen molar-refractivity contribution in [1.29, 1.82) is 0 Å². The Kier molecular flexibility index (Phi) is 11.8. The number of phenolic OH excluding ortho intramolecular Hbond substituents is 1. The molecule has 13 heteroatoms. The SMILES string of the molecule is CC(C)C(NC(=O)C(Cc1ccc(O)cc1)NC(=O)C(CCC(=O)O)NC(=O)C(N)C(C)O)C(=O)O. The Balaban J connectivity index is 3.19. The minimum atomic E-state index is -1.41. The zero-order valence-corrected chi connectivity index (χ0v) is 20.3. The highest BCUT2D eigenvalue weighted by Gasteiger charge is 2.32. The van der Waals surface area contributed by atoms with Crippen LogP contribution in [-0.2, 0) is 30.4 Å². The Morgan fingerprint density at radius 3 is 1.86 bits per heavy atom. The van der Waals surface area contributed by atoms with Gasteiger partial charge < -0.3 is 42.1 Å². The number of aromatic hydroxyl groups is 1. The van der Waals surface area contributed by atoms with Gasteiger partial charge in [-0.1, -0.05) is 26.0 Å². The van der Waals surface area contributed by atoms with E-state index < -0.39 is 72.3 Å². The highest BCUT2D eigenvalue weighted by molar-refractivity contribution is 5.94. The maximum absolute atomic E-state index is 13.0. The zero-order chi connectivity index (χ0) is 27.6. The maximum Gasteiger partial charge on any atom is 0.326 e. The molecule has 5 atom stereocenters. The number of aliphatic hydroxyl groups excluding tert-OH is 1. The number of nitrogens with two attached hydrogens (primary N) is 1. The number of carbonyl (C=O) groups excluding carboxylic acids is 3. The van der Waals surface area contributed by atoms with Crippen molar-refractivity contribution < 1.29 is 44.4 Å². The molecule has 13 nitrogen and oxygen atoms in total. The molecule has 200 valence electrons. The molecule has 0 aromatic heterocycles. The van der Waals surface area contributed by atoms with Crippen LogP contribution in [0.15, 0.2) is 24.3 Å². The number of rotatable bonds is 14. The second-order valence-corrected chi connectivity index (χ2v) is 8.76. The molecule has 0 aliphatic rings. The summed E-state index contributed by atoms with van der Waals surface area (Å²) in [5.41, 5.74) is 6.11. The second kappa shape index (κ2) is 14.0. The quantitative estimate of drug-likeness (QED) is 0.147. The molecule has 1 aromatic carbocycles. The van der Waals surface area contributed by atoms with Crippen molar-refractivity contribution in [3.8, 4) is 5.75 Å². The number of amides is 3. The first kappa shape index (κ1) is 30.3. The van der Waals surface area contributed by atoms with Crippen LogP contribution >= 0.6 is 0 Å². The van der Waals surface area contributed by atoms with Crippen LogP contribution < -0.4 is 21.7 Å². The van der Waals surface area contributed by atoms with Crippen molar-refractivity contribution in [3.63, 3.8) is 0 Å². The van der Waals surface area contributed by atoms with Gasteiger partial charge in [0.1, 0.15) is 29.9 Å². The molecule has 0 fully saturated rings. The number of hydrogen-bond acceptors (Lipinski definition) is 8. The lowest BCUT2D eigenvalue weighted by atomic mass is 10.0. The highest BCUT2D eigenvalue weighted by atomic mass is 16.4. The molecule has 5 unspecified atom stereocenters. The van der Waals surface area contributed by atoms with Gasteiger partial charge >= 0.3 is 11.9 Å². The summed E-state index contributed by atoms with van der Waals surface area (Å²) >= 11 is 0. The van der Waals surface area contributed by atoms with E-state index in [1.807, 2.05) is 0 Å². The fourth-order valence-electron chi connectivity index (χ4n) is 3.14. The third kappa shape index (κ3) is 9.88. The van der Waals surface area contributed by atoms with Gasteiger partial charge in [0.25, 0.3) is 0 Å². The molecule has 1 aromatic rings. The first-order valence-electron chi connectivity index (χ1n) is 11.3. The Hall–Kier alpha value is -3.71. The largest absolute Gasteiger partial charge is 0.508 e. The van der Waals surface area contributed by atoms with Gasteiger partial charge in [-0.15, -0.1) is 0 Å². The van der Waals surface area contributed by atoms with Crippen LogP contribution in [0.25, 0.3) is 0 Å². The maximum atomic E-state index is 13.0. The molecule has 0 bridgehead atoms. The van der Waals surface area contributed by atoms with Gasteiger partial charge in [0, 0.05) is 12.8 Å². The fourth-order valence-corrected chi connectivity index (χ4v) is 3.14. The lowest BCUT2D eigenvalue weighted by Gasteiger charge is -2.26. The average molecular weight is 511 g/mol. The van der Waals surface area contributed by atoms with E-state index in [0.29, 0.717) is 5.56 Å². The van der Waals surface area contributed by atoms with Crippen LogP contribution in [0.1, 0.15) is 39.2 Å². The fraction of sp³-hybridized carbons (Fsp3) is 0.522. The predicted molar refractivity (Wildman–Crippen MR) is 127 cm³/mol. The summed E-state index contributed by atoms with van der Waals surface area (Å²) in [6.45, 7) is 4.45. The van der Waals surface area contributed by atoms with E-state index in [4.69, 9.17) is 10.8 Å². The van der Waals surface area contributed by atoms with E-state index in [2.05, 4.69) is 16.0 Å². The Morgan fingerprint density at radius 2 is 1.39 bits per heavy atom. The van der Waals surface area contributed by atoms with Crippen LogP contribution in [0.4, 0.5) is 0 Å². The first-order valence-corrected chi connectivity index (χ1v) is 11.3. The summed E-state index contributed by atoms with van der Waals surface area (Å²) in [6.07, 6.45) is -2.18. The molecule has 36 heavy (non-hydrogen) atoms. The number of benzene rings is 1. The highest BCUT2D eigenvalue weighted by Crippen LogP contribution is 2.13. The summed E-state index contributed by atoms with van der Waals surface area (Å²) in [5, 5.41) is 44.6. The monoisotopic (exact) mass is 510 g/mol. The number of carbonyl (C=O) groups is 5. The Labute approximate surface area is 208 Å². The molecule has 9 N–H and O–H groups in total. The number of carboxylic acid groups (broad SMARTS) is 2. The van der Waals surface area contributed by atoms with Crippen molar-refractivity contribution in [3.05, 3.63) is 29.8 Å². The summed E-state index contributed by atoms with van der Waals surface area (Å²) in [7, 11) is 0. The molecule has 0 aliphatic heterocycles. The van der Waals surface area contributed by atoms with Crippen molar-refractivity contribution in [1.82, 2.24) is 16.0 Å². The Morgan fingerprint density at radius 1 is 0.861 bits per heavy atom. The number of carboxylic acids is 2. The minimum absolute atomic E-state index is 0.0274. The normalized spacial score (nSPS) is 15.2. The van der Waals surface area contributed by atoms with Gasteiger partial charge in [-0.05, 0) is 37.0 Å². The summed E-state index contributed by atoms with van der Waals surface area (Å²) in [5.74, 6) is -5.63. The molecule has 0 heterocycles. The summed E-state index contributed by atoms with van der Waals surface area (Å²) < 4.78 is 0. The van der Waals surface area contributed by atoms with Gasteiger partial charge in [0.05, 0.1) is 6.10 Å². The van der Waals surface area contributed by atoms with E-state index in [0.717, 1.165) is 0 Å². The minimum Gasteiger partial charge on any atom is -0.508 e. The van der Waals surface area contributed by atoms with Gasteiger partial charge in [-0.2, -0.15) is 0 Å². The van der Waals surface area contributed by atoms with E-state index in [-0.39, 0.29) is 18.6 Å². The van der Waals surface area contributed by atoms with Gasteiger partial charge in [0.15, 0.2) is 0 Å². The van der Waals surface area contributed by atoms with Crippen molar-refractivity contribution >= 4 is 29.7 Å². The summed E-state index contributed by atoms with van der Waals surface area (Å²) in [4.78, 5) is 60.9. The molecule has 1 rings (SSSR count). The smallest absolute Gasteiger partial charge is 0.326 e. The van der Waals surface area contributed by atoms with E-state index in [1.54, 1.807) is 13.8 Å². The molecule has 3 amide bonds. The number of nitrogens with one attached hydrogen (secondary N) is 3. The van der Waals surface area contributed by atoms with Crippen LogP contribution in [0, 0.1) is 5.92 Å². The van der Waals surface area contributed by atoms with Gasteiger partial charge in [-0.3, -0.25) is 19.2 Å². The zero-order valence-electron chi connectivity index (χ0n) is 20.3. The third-order valence-corrected chi connectivity index (χ3v) is 5.34. The van der Waals surface area contributed by atoms with Crippen molar-refractivity contribution in [2.24, 2.45) is 11.7 Å². The molecule has 0 saturated heterocycles. The lowest BCUT2D eigenvalue weighted by molar-refractivity contribution is -0.143. The first-order chi connectivity index (χ1) is 16.7. The van der Waals surface area contributed by atoms with Crippen LogP contribution in [-0.4, -0.2) is 80.4 Å². The number of aliphatic carboxylic acids is 2. The Bertz CT molecular complexity index is 934. The van der Waals surface area contributed by atoms with E-state index in [1.165, 1.54) is 31.2 Å². The van der Waals surface area contributed by atoms with E-state index in [9.17, 15) is 39.3 Å². The average Bonchev–Trinajstić information content (AvgIpc) is 2.79. The summed E-state index contributed by atoms with van der Waals surface area (Å²) in [6, 6.07) is 0.397. The van der Waals surface area contributed by atoms with Gasteiger partial charge in [0.2, 0.25) is 17.7 Å². The topological polar surface area (TPSA) is 228 Å². The predicted octanol–water partition coefficient (Wildman–Crippen LogP) is -1.30. The van der Waals surface area contributed by atoms with Crippen LogP contribution in [0.3, 0.4) is 0 Å². The van der Waals surface area contributed by atoms with Crippen molar-refractivity contribution in [2.45, 2.75) is 70.3 Å². The van der Waals surface area contributed by atoms with Crippen LogP contribution in [0.5, 0.6) is 5.75 Å². The molecule has 0 aliphatic carbocycles. The molecular weight excluding hydrogens is 476 g/mol. The second-order valence-electron chi connectivity index (χ2n) is 8.76. The third-order valence-electron chi connectivity index (χ3n) is 5.34. The number of hydrogen-bond donors (Lipinski definition) is 8. The molecule has 0 saturated carbocycles. The molecule has 0 radical (unpaired) electrons. The standard InChI is InChI=1S/C23H34N4O9/c1-11(2)19(23(35)36)27-21(33)16(10-13-4-6-14(29)7-5-13)26-20(32)15(8-9-17(30)31)25-22(34)18(24)12(3)28/h4-7,11-12,15-16,18-19,28-29H,8-10,24H2,1-3H3,(H,25,34)(H,26,32)(H,27,33)(H,30,31)(H,35,36). The molecular formula is C23H34N4O9. The van der Waals surface area contributed by atoms with Gasteiger partial charge in [-0.25, -0.2) is 4.79 Å². The van der Waals surface area contributed by atoms with E-state index >= 15 is 0 Å². The lowest BCUT2D eigenvalue weighted by Crippen LogP contribution is -2.59. The number of aliphatic hydroxyl groups is 1. The molecule has 0 spiro atoms.